The van der Waals surface area contributed by atoms with Crippen LogP contribution in [-0.4, -0.2) is 40.6 Å². The van der Waals surface area contributed by atoms with Crippen LogP contribution in [0.5, 0.6) is 0 Å². The maximum absolute atomic E-state index is 13.1. The number of sulfonamides is 1. The number of fused-ring (bicyclic) bond motifs is 2. The van der Waals surface area contributed by atoms with Crippen molar-refractivity contribution >= 4 is 22.0 Å². The van der Waals surface area contributed by atoms with Crippen molar-refractivity contribution in [2.24, 2.45) is 16.7 Å². The molecule has 0 spiro atoms. The van der Waals surface area contributed by atoms with Gasteiger partial charge in [-0.1, -0.05) is 20.8 Å². The number of ether oxygens (including phenoxy) is 2. The van der Waals surface area contributed by atoms with Crippen LogP contribution in [0.3, 0.4) is 0 Å². The predicted molar refractivity (Wildman–Crippen MR) is 102 cm³/mol. The van der Waals surface area contributed by atoms with E-state index < -0.39 is 22.0 Å². The van der Waals surface area contributed by atoms with Crippen LogP contribution in [0.2, 0.25) is 0 Å². The van der Waals surface area contributed by atoms with Crippen molar-refractivity contribution in [2.75, 3.05) is 14.2 Å². The lowest BCUT2D eigenvalue weighted by molar-refractivity contribution is 0.0598. The molecule has 154 valence electrons. The summed E-state index contributed by atoms with van der Waals surface area (Å²) < 4.78 is 38.5. The van der Waals surface area contributed by atoms with Gasteiger partial charge in [0, 0.05) is 6.04 Å². The second kappa shape index (κ2) is 6.84. The lowest BCUT2D eigenvalue weighted by atomic mass is 9.69. The summed E-state index contributed by atoms with van der Waals surface area (Å²) in [6, 6.07) is 3.51. The first-order chi connectivity index (χ1) is 13.0. The second-order valence-corrected chi connectivity index (χ2v) is 10.2. The summed E-state index contributed by atoms with van der Waals surface area (Å²) in [7, 11) is -1.56. The third-order valence-corrected chi connectivity index (χ3v) is 8.60. The molecule has 0 heterocycles. The second-order valence-electron chi connectivity index (χ2n) is 8.51. The smallest absolute Gasteiger partial charge is 0.337 e. The lowest BCUT2D eigenvalue weighted by Gasteiger charge is -2.39. The van der Waals surface area contributed by atoms with E-state index in [-0.39, 0.29) is 32.9 Å². The third-order valence-electron chi connectivity index (χ3n) is 7.15. The molecule has 2 bridgehead atoms. The van der Waals surface area contributed by atoms with Crippen LogP contribution in [0.1, 0.15) is 60.7 Å². The standard InChI is InChI=1S/C20H27NO6S/c1-19(2)14-6-7-20(19,3)16(11-14)21-28(24,25)15-9-12(17(22)26-4)8-13(10-15)18(23)27-5/h8-10,14,16,21H,6-7,11H2,1-5H3/t14-,16-,20+/m1/s1. The van der Waals surface area contributed by atoms with Gasteiger partial charge in [0.25, 0.3) is 0 Å². The zero-order valence-electron chi connectivity index (χ0n) is 16.9. The predicted octanol–water partition coefficient (Wildman–Crippen LogP) is 2.75. The molecule has 2 aliphatic carbocycles. The molecule has 2 fully saturated rings. The lowest BCUT2D eigenvalue weighted by Crippen LogP contribution is -2.46. The van der Waals surface area contributed by atoms with Gasteiger partial charge in [-0.2, -0.15) is 0 Å². The van der Waals surface area contributed by atoms with E-state index in [9.17, 15) is 18.0 Å². The van der Waals surface area contributed by atoms with Gasteiger partial charge < -0.3 is 9.47 Å². The highest BCUT2D eigenvalue weighted by atomic mass is 32.2. The largest absolute Gasteiger partial charge is 0.465 e. The fourth-order valence-electron chi connectivity index (χ4n) is 4.86. The van der Waals surface area contributed by atoms with Gasteiger partial charge in [0.15, 0.2) is 0 Å². The number of rotatable bonds is 5. The summed E-state index contributed by atoms with van der Waals surface area (Å²) in [6.07, 6.45) is 2.85. The van der Waals surface area contributed by atoms with Gasteiger partial charge in [-0.25, -0.2) is 22.7 Å². The summed E-state index contributed by atoms with van der Waals surface area (Å²) in [6.45, 7) is 6.54. The normalized spacial score (nSPS) is 28.2. The minimum atomic E-state index is -3.95. The van der Waals surface area contributed by atoms with Crippen molar-refractivity contribution in [3.8, 4) is 0 Å². The molecule has 3 rings (SSSR count). The first kappa shape index (κ1) is 20.8. The highest BCUT2D eigenvalue weighted by Gasteiger charge is 2.61. The van der Waals surface area contributed by atoms with E-state index >= 15 is 0 Å². The molecule has 0 aliphatic heterocycles. The molecular weight excluding hydrogens is 382 g/mol. The first-order valence-corrected chi connectivity index (χ1v) is 10.8. The Hall–Kier alpha value is -1.93. The van der Waals surface area contributed by atoms with Gasteiger partial charge >= 0.3 is 11.9 Å². The average Bonchev–Trinajstić information content (AvgIpc) is 2.99. The van der Waals surface area contributed by atoms with E-state index in [1.807, 2.05) is 0 Å². The van der Waals surface area contributed by atoms with Gasteiger partial charge in [-0.15, -0.1) is 0 Å². The molecule has 28 heavy (non-hydrogen) atoms. The molecular formula is C20H27NO6S. The number of carbonyl (C=O) groups excluding carboxylic acids is 2. The number of carbonyl (C=O) groups is 2. The molecule has 0 amide bonds. The minimum Gasteiger partial charge on any atom is -0.465 e. The number of esters is 2. The molecule has 2 saturated carbocycles. The summed E-state index contributed by atoms with van der Waals surface area (Å²) >= 11 is 0. The highest BCUT2D eigenvalue weighted by Crippen LogP contribution is 2.65. The van der Waals surface area contributed by atoms with Gasteiger partial charge in [-0.3, -0.25) is 0 Å². The Balaban J connectivity index is 1.98. The molecule has 2 aliphatic rings. The van der Waals surface area contributed by atoms with Crippen LogP contribution >= 0.6 is 0 Å². The van der Waals surface area contributed by atoms with Crippen molar-refractivity contribution in [1.82, 2.24) is 4.72 Å². The zero-order chi connectivity index (χ0) is 20.9. The topological polar surface area (TPSA) is 98.8 Å². The molecule has 1 N–H and O–H groups in total. The molecule has 1 aromatic rings. The van der Waals surface area contributed by atoms with E-state index in [0.717, 1.165) is 19.3 Å². The van der Waals surface area contributed by atoms with Crippen LogP contribution in [0.4, 0.5) is 0 Å². The maximum atomic E-state index is 13.1. The SMILES string of the molecule is COC(=O)c1cc(C(=O)OC)cc(S(=O)(=O)N[C@@H]2C[C@H]3CC[C@]2(C)C3(C)C)c1. The van der Waals surface area contributed by atoms with Crippen molar-refractivity contribution in [2.45, 2.75) is 51.0 Å². The molecule has 0 unspecified atom stereocenters. The summed E-state index contributed by atoms with van der Waals surface area (Å²) in [5.41, 5.74) is -0.142. The van der Waals surface area contributed by atoms with Crippen LogP contribution in [-0.2, 0) is 19.5 Å². The number of hydrogen-bond acceptors (Lipinski definition) is 6. The van der Waals surface area contributed by atoms with Crippen molar-refractivity contribution < 1.29 is 27.5 Å². The quantitative estimate of drug-likeness (QED) is 0.751. The van der Waals surface area contributed by atoms with Crippen LogP contribution < -0.4 is 4.72 Å². The number of hydrogen-bond donors (Lipinski definition) is 1. The third kappa shape index (κ3) is 3.12. The van der Waals surface area contributed by atoms with Crippen molar-refractivity contribution in [1.29, 1.82) is 0 Å². The Bertz CT molecular complexity index is 888. The molecule has 0 aromatic heterocycles. The molecule has 8 heteroatoms. The van der Waals surface area contributed by atoms with Crippen molar-refractivity contribution in [3.63, 3.8) is 0 Å². The van der Waals surface area contributed by atoms with Gasteiger partial charge in [0.2, 0.25) is 10.0 Å². The Kier molecular flexibility index (Phi) is 5.08. The van der Waals surface area contributed by atoms with E-state index in [2.05, 4.69) is 35.0 Å². The highest BCUT2D eigenvalue weighted by molar-refractivity contribution is 7.89. The number of nitrogens with one attached hydrogen (secondary N) is 1. The van der Waals surface area contributed by atoms with E-state index in [1.54, 1.807) is 0 Å². The minimum absolute atomic E-state index is 0.0229. The van der Waals surface area contributed by atoms with Gasteiger partial charge in [0.1, 0.15) is 0 Å². The first-order valence-electron chi connectivity index (χ1n) is 9.30. The monoisotopic (exact) mass is 409 g/mol. The van der Waals surface area contributed by atoms with Crippen LogP contribution in [0.15, 0.2) is 23.1 Å². The van der Waals surface area contributed by atoms with Crippen LogP contribution in [0.25, 0.3) is 0 Å². The average molecular weight is 410 g/mol. The maximum Gasteiger partial charge on any atom is 0.337 e. The molecule has 3 atom stereocenters. The summed E-state index contributed by atoms with van der Waals surface area (Å²) in [5.74, 6) is -0.984. The molecule has 0 radical (unpaired) electrons. The van der Waals surface area contributed by atoms with Crippen LogP contribution in [0, 0.1) is 16.7 Å². The van der Waals surface area contributed by atoms with E-state index in [0.29, 0.717) is 5.92 Å². The van der Waals surface area contributed by atoms with E-state index in [1.165, 1.54) is 32.4 Å². The van der Waals surface area contributed by atoms with Gasteiger partial charge in [-0.05, 0) is 54.2 Å². The number of benzene rings is 1. The Morgan fingerprint density at radius 2 is 1.57 bits per heavy atom. The Morgan fingerprint density at radius 3 is 1.96 bits per heavy atom. The number of methoxy groups -OCH3 is 2. The van der Waals surface area contributed by atoms with Gasteiger partial charge in [0.05, 0.1) is 30.2 Å². The summed E-state index contributed by atoms with van der Waals surface area (Å²) in [4.78, 5) is 23.7. The fourth-order valence-corrected chi connectivity index (χ4v) is 6.29. The molecule has 1 aromatic carbocycles. The van der Waals surface area contributed by atoms with E-state index in [4.69, 9.17) is 0 Å². The molecule has 7 nitrogen and oxygen atoms in total. The fraction of sp³-hybridized carbons (Fsp3) is 0.600. The summed E-state index contributed by atoms with van der Waals surface area (Å²) in [5, 5.41) is 0. The molecule has 0 saturated heterocycles. The Morgan fingerprint density at radius 1 is 1.04 bits per heavy atom. The van der Waals surface area contributed by atoms with Crippen molar-refractivity contribution in [3.05, 3.63) is 29.3 Å². The Labute approximate surface area is 165 Å². The zero-order valence-corrected chi connectivity index (χ0v) is 17.7.